The average molecular weight is 222 g/mol. The summed E-state index contributed by atoms with van der Waals surface area (Å²) in [7, 11) is 1.25. The molecule has 88 valence electrons. The smallest absolute Gasteiger partial charge is 0.306 e. The number of hydrogen-bond acceptors (Lipinski definition) is 6. The van der Waals surface area contributed by atoms with Gasteiger partial charge in [-0.2, -0.15) is 0 Å². The maximum absolute atomic E-state index is 10.4. The van der Waals surface area contributed by atoms with Crippen LogP contribution in [0.15, 0.2) is 0 Å². The van der Waals surface area contributed by atoms with Crippen molar-refractivity contribution in [3.05, 3.63) is 0 Å². The lowest BCUT2D eigenvalue weighted by atomic mass is 9.97. The Balaban J connectivity index is 2.69. The van der Waals surface area contributed by atoms with E-state index in [4.69, 9.17) is 14.6 Å². The monoisotopic (exact) mass is 222 g/mol. The van der Waals surface area contributed by atoms with Crippen molar-refractivity contribution >= 4 is 5.97 Å². The van der Waals surface area contributed by atoms with E-state index >= 15 is 0 Å². The lowest BCUT2D eigenvalue weighted by Crippen LogP contribution is -2.58. The summed E-state index contributed by atoms with van der Waals surface area (Å²) in [5.74, 6) is -1.17. The number of aliphatic carboxylic acids is 1. The van der Waals surface area contributed by atoms with E-state index in [1.54, 1.807) is 0 Å². The van der Waals surface area contributed by atoms with E-state index in [1.165, 1.54) is 7.11 Å². The summed E-state index contributed by atoms with van der Waals surface area (Å²) in [6.07, 6.45) is -7.01. The molecule has 0 radical (unpaired) electrons. The standard InChI is InChI=1S/C8H14O7/c1-14-8-7(13)6(12)5(11)3(15-8)2-4(9)10/h3,5-8,11-13H,2H2,1H3,(H,9,10)/t3-,5-,6+,7+,8?/m1/s1. The lowest BCUT2D eigenvalue weighted by molar-refractivity contribution is -0.290. The summed E-state index contributed by atoms with van der Waals surface area (Å²) in [6, 6.07) is 0. The molecule has 1 aliphatic rings. The Hall–Kier alpha value is -0.730. The number of carboxylic acids is 1. The summed E-state index contributed by atoms with van der Waals surface area (Å²) < 4.78 is 9.68. The first-order valence-electron chi connectivity index (χ1n) is 4.41. The van der Waals surface area contributed by atoms with Gasteiger partial charge < -0.3 is 29.9 Å². The van der Waals surface area contributed by atoms with Gasteiger partial charge in [-0.1, -0.05) is 0 Å². The maximum Gasteiger partial charge on any atom is 0.306 e. The second kappa shape index (κ2) is 4.86. The Morgan fingerprint density at radius 3 is 2.33 bits per heavy atom. The highest BCUT2D eigenvalue weighted by molar-refractivity contribution is 5.67. The summed E-state index contributed by atoms with van der Waals surface area (Å²) >= 11 is 0. The van der Waals surface area contributed by atoms with Gasteiger partial charge in [0.05, 0.1) is 12.5 Å². The van der Waals surface area contributed by atoms with Crippen molar-refractivity contribution in [1.29, 1.82) is 0 Å². The van der Waals surface area contributed by atoms with Crippen molar-refractivity contribution < 1.29 is 34.7 Å². The molecule has 7 heteroatoms. The van der Waals surface area contributed by atoms with Crippen LogP contribution in [0.3, 0.4) is 0 Å². The van der Waals surface area contributed by atoms with Crippen molar-refractivity contribution in [2.24, 2.45) is 0 Å². The topological polar surface area (TPSA) is 116 Å². The Morgan fingerprint density at radius 2 is 1.87 bits per heavy atom. The highest BCUT2D eigenvalue weighted by Gasteiger charge is 2.44. The van der Waals surface area contributed by atoms with E-state index in [9.17, 15) is 20.1 Å². The quantitative estimate of drug-likeness (QED) is 0.432. The van der Waals surface area contributed by atoms with Gasteiger partial charge in [-0.3, -0.25) is 4.79 Å². The summed E-state index contributed by atoms with van der Waals surface area (Å²) in [5, 5.41) is 36.7. The molecular weight excluding hydrogens is 208 g/mol. The fourth-order valence-corrected chi connectivity index (χ4v) is 1.45. The second-order valence-electron chi connectivity index (χ2n) is 3.35. The minimum Gasteiger partial charge on any atom is -0.481 e. The third-order valence-electron chi connectivity index (χ3n) is 2.28. The van der Waals surface area contributed by atoms with E-state index in [0.29, 0.717) is 0 Å². The molecule has 0 aromatic rings. The zero-order chi connectivity index (χ0) is 11.6. The molecule has 0 aromatic carbocycles. The molecule has 0 aromatic heterocycles. The molecule has 0 aliphatic carbocycles. The van der Waals surface area contributed by atoms with Crippen molar-refractivity contribution in [1.82, 2.24) is 0 Å². The molecule has 1 heterocycles. The number of hydrogen-bond donors (Lipinski definition) is 4. The highest BCUT2D eigenvalue weighted by atomic mass is 16.7. The van der Waals surface area contributed by atoms with Gasteiger partial charge in [0, 0.05) is 7.11 Å². The first-order valence-corrected chi connectivity index (χ1v) is 4.41. The Morgan fingerprint density at radius 1 is 1.27 bits per heavy atom. The predicted octanol–water partition coefficient (Wildman–Crippen LogP) is -2.08. The Kier molecular flexibility index (Phi) is 4.00. The van der Waals surface area contributed by atoms with Crippen LogP contribution >= 0.6 is 0 Å². The fourth-order valence-electron chi connectivity index (χ4n) is 1.45. The molecule has 1 saturated heterocycles. The van der Waals surface area contributed by atoms with Crippen LogP contribution in [-0.2, 0) is 14.3 Å². The number of carboxylic acid groups (broad SMARTS) is 1. The molecule has 4 N–H and O–H groups in total. The van der Waals surface area contributed by atoms with Crippen LogP contribution in [0.5, 0.6) is 0 Å². The summed E-state index contributed by atoms with van der Waals surface area (Å²) in [6.45, 7) is 0. The largest absolute Gasteiger partial charge is 0.481 e. The SMILES string of the molecule is COC1O[C@H](CC(=O)O)[C@@H](O)[C@H](O)[C@@H]1O. The number of rotatable bonds is 3. The number of methoxy groups -OCH3 is 1. The van der Waals surface area contributed by atoms with Gasteiger partial charge in [-0.15, -0.1) is 0 Å². The molecule has 1 aliphatic heterocycles. The molecule has 1 unspecified atom stereocenters. The zero-order valence-electron chi connectivity index (χ0n) is 8.11. The Bertz CT molecular complexity index is 229. The first-order chi connectivity index (χ1) is 6.97. The first kappa shape index (κ1) is 12.3. The summed E-state index contributed by atoms with van der Waals surface area (Å²) in [5.41, 5.74) is 0. The number of carbonyl (C=O) groups is 1. The zero-order valence-corrected chi connectivity index (χ0v) is 8.11. The predicted molar refractivity (Wildman–Crippen MR) is 45.9 cm³/mol. The van der Waals surface area contributed by atoms with Crippen LogP contribution in [0.2, 0.25) is 0 Å². The van der Waals surface area contributed by atoms with E-state index in [-0.39, 0.29) is 0 Å². The molecule has 1 fully saturated rings. The molecule has 5 atom stereocenters. The number of aliphatic hydroxyl groups excluding tert-OH is 3. The third-order valence-corrected chi connectivity index (χ3v) is 2.28. The minimum atomic E-state index is -1.48. The van der Waals surface area contributed by atoms with Crippen molar-refractivity contribution in [2.45, 2.75) is 37.1 Å². The molecule has 15 heavy (non-hydrogen) atoms. The Labute approximate surface area is 85.9 Å². The molecule has 7 nitrogen and oxygen atoms in total. The van der Waals surface area contributed by atoms with E-state index < -0.39 is 43.1 Å². The van der Waals surface area contributed by atoms with E-state index in [1.807, 2.05) is 0 Å². The van der Waals surface area contributed by atoms with Gasteiger partial charge in [0.1, 0.15) is 18.3 Å². The van der Waals surface area contributed by atoms with Crippen molar-refractivity contribution in [3.8, 4) is 0 Å². The molecular formula is C8H14O7. The lowest BCUT2D eigenvalue weighted by Gasteiger charge is -2.39. The van der Waals surface area contributed by atoms with Gasteiger partial charge in [0.25, 0.3) is 0 Å². The molecule has 0 saturated carbocycles. The van der Waals surface area contributed by atoms with Gasteiger partial charge in [0.2, 0.25) is 0 Å². The average Bonchev–Trinajstić information content (AvgIpc) is 2.18. The van der Waals surface area contributed by atoms with Gasteiger partial charge in [0.15, 0.2) is 6.29 Å². The van der Waals surface area contributed by atoms with Crippen LogP contribution in [0, 0.1) is 0 Å². The van der Waals surface area contributed by atoms with Gasteiger partial charge in [-0.05, 0) is 0 Å². The molecule has 0 amide bonds. The highest BCUT2D eigenvalue weighted by Crippen LogP contribution is 2.23. The maximum atomic E-state index is 10.4. The number of ether oxygens (including phenoxy) is 2. The second-order valence-corrected chi connectivity index (χ2v) is 3.35. The van der Waals surface area contributed by atoms with E-state index in [0.717, 1.165) is 0 Å². The third kappa shape index (κ3) is 2.64. The molecule has 1 rings (SSSR count). The number of aliphatic hydroxyl groups is 3. The van der Waals surface area contributed by atoms with Crippen molar-refractivity contribution in [3.63, 3.8) is 0 Å². The molecule has 0 bridgehead atoms. The fraction of sp³-hybridized carbons (Fsp3) is 0.875. The minimum absolute atomic E-state index is 0.467. The normalized spacial score (nSPS) is 41.5. The van der Waals surface area contributed by atoms with Crippen LogP contribution in [0.4, 0.5) is 0 Å². The molecule has 0 spiro atoms. The summed E-state index contributed by atoms with van der Waals surface area (Å²) in [4.78, 5) is 10.4. The van der Waals surface area contributed by atoms with E-state index in [2.05, 4.69) is 0 Å². The van der Waals surface area contributed by atoms with Crippen LogP contribution in [0.1, 0.15) is 6.42 Å². The van der Waals surface area contributed by atoms with Crippen LogP contribution in [0.25, 0.3) is 0 Å². The van der Waals surface area contributed by atoms with Crippen LogP contribution in [-0.4, -0.2) is 64.2 Å². The van der Waals surface area contributed by atoms with Gasteiger partial charge >= 0.3 is 5.97 Å². The van der Waals surface area contributed by atoms with Gasteiger partial charge in [-0.25, -0.2) is 0 Å². The van der Waals surface area contributed by atoms with Crippen LogP contribution < -0.4 is 0 Å². The van der Waals surface area contributed by atoms with Crippen molar-refractivity contribution in [2.75, 3.05) is 7.11 Å².